The van der Waals surface area contributed by atoms with Crippen LogP contribution in [0.4, 0.5) is 0 Å². The number of hydrogen-bond acceptors (Lipinski definition) is 4. The maximum atomic E-state index is 12.2. The number of ether oxygens (including phenoxy) is 2. The average molecular weight is 318 g/mol. The van der Waals surface area contributed by atoms with Crippen LogP contribution in [-0.4, -0.2) is 69.3 Å². The molecule has 0 spiro atoms. The molecule has 0 atom stereocenters. The number of carbonyl (C=O) groups excluding carboxylic acids is 1. The molecule has 23 heavy (non-hydrogen) atoms. The molecule has 0 unspecified atom stereocenters. The van der Waals surface area contributed by atoms with Gasteiger partial charge in [0.1, 0.15) is 5.75 Å². The van der Waals surface area contributed by atoms with Crippen molar-refractivity contribution in [2.45, 2.75) is 6.92 Å². The lowest BCUT2D eigenvalue weighted by Gasteiger charge is -2.28. The Morgan fingerprint density at radius 1 is 1.26 bits per heavy atom. The van der Waals surface area contributed by atoms with Crippen LogP contribution in [0.25, 0.3) is 6.08 Å². The largest absolute Gasteiger partial charge is 0.497 e. The second kappa shape index (κ2) is 8.70. The van der Waals surface area contributed by atoms with E-state index in [1.165, 1.54) is 5.57 Å². The van der Waals surface area contributed by atoms with Crippen LogP contribution in [0.15, 0.2) is 29.8 Å². The van der Waals surface area contributed by atoms with E-state index in [4.69, 9.17) is 9.47 Å². The highest BCUT2D eigenvalue weighted by molar-refractivity contribution is 5.78. The van der Waals surface area contributed by atoms with E-state index in [1.807, 2.05) is 41.1 Å². The zero-order chi connectivity index (χ0) is 16.7. The van der Waals surface area contributed by atoms with Crippen molar-refractivity contribution in [3.05, 3.63) is 35.4 Å². The molecule has 1 heterocycles. The molecule has 5 heteroatoms. The van der Waals surface area contributed by atoms with Gasteiger partial charge in [-0.05, 0) is 31.7 Å². The Balaban J connectivity index is 1.84. The molecule has 1 saturated heterocycles. The molecule has 2 rings (SSSR count). The number of amides is 1. The van der Waals surface area contributed by atoms with E-state index in [2.05, 4.69) is 13.0 Å². The molecule has 5 nitrogen and oxygen atoms in total. The minimum Gasteiger partial charge on any atom is -0.497 e. The van der Waals surface area contributed by atoms with E-state index in [0.29, 0.717) is 32.8 Å². The molecular weight excluding hydrogens is 292 g/mol. The fourth-order valence-electron chi connectivity index (χ4n) is 2.66. The first kappa shape index (κ1) is 17.5. The number of carbonyl (C=O) groups is 1. The molecule has 1 aromatic carbocycles. The third-order valence-corrected chi connectivity index (χ3v) is 3.82. The summed E-state index contributed by atoms with van der Waals surface area (Å²) in [5.41, 5.74) is 2.35. The monoisotopic (exact) mass is 318 g/mol. The molecule has 1 fully saturated rings. The van der Waals surface area contributed by atoms with Crippen molar-refractivity contribution in [2.24, 2.45) is 0 Å². The van der Waals surface area contributed by atoms with Crippen LogP contribution >= 0.6 is 0 Å². The van der Waals surface area contributed by atoms with Gasteiger partial charge in [-0.25, -0.2) is 0 Å². The van der Waals surface area contributed by atoms with Crippen molar-refractivity contribution in [1.29, 1.82) is 0 Å². The summed E-state index contributed by atoms with van der Waals surface area (Å²) in [6.45, 7) is 5.98. The number of benzene rings is 1. The normalized spacial score (nSPS) is 15.8. The lowest BCUT2D eigenvalue weighted by molar-refractivity contribution is -0.136. The summed E-state index contributed by atoms with van der Waals surface area (Å²) in [6, 6.07) is 7.96. The molecule has 1 aliphatic rings. The van der Waals surface area contributed by atoms with Crippen molar-refractivity contribution in [2.75, 3.05) is 53.6 Å². The van der Waals surface area contributed by atoms with Gasteiger partial charge in [0, 0.05) is 19.6 Å². The summed E-state index contributed by atoms with van der Waals surface area (Å²) in [5, 5.41) is 0. The quantitative estimate of drug-likeness (QED) is 0.803. The lowest BCUT2D eigenvalue weighted by atomic mass is 10.1. The lowest BCUT2D eigenvalue weighted by Crippen LogP contribution is -2.45. The Labute approximate surface area is 138 Å². The standard InChI is InChI=1S/C18H26N2O3/c1-15(12-16-4-6-17(22-3)7-5-16)13-19(2)14-18(21)20-8-10-23-11-9-20/h4-7,12H,8-11,13-14H2,1-3H3. The predicted molar refractivity (Wildman–Crippen MR) is 91.5 cm³/mol. The van der Waals surface area contributed by atoms with Crippen LogP contribution in [0.5, 0.6) is 5.75 Å². The second-order valence-electron chi connectivity index (χ2n) is 5.93. The van der Waals surface area contributed by atoms with Crippen molar-refractivity contribution in [3.63, 3.8) is 0 Å². The van der Waals surface area contributed by atoms with Crippen LogP contribution in [0.3, 0.4) is 0 Å². The zero-order valence-corrected chi connectivity index (χ0v) is 14.2. The maximum Gasteiger partial charge on any atom is 0.236 e. The molecule has 0 bridgehead atoms. The fraction of sp³-hybridized carbons (Fsp3) is 0.500. The molecule has 0 aromatic heterocycles. The summed E-state index contributed by atoms with van der Waals surface area (Å²) < 4.78 is 10.4. The maximum absolute atomic E-state index is 12.2. The van der Waals surface area contributed by atoms with Crippen LogP contribution in [-0.2, 0) is 9.53 Å². The van der Waals surface area contributed by atoms with Gasteiger partial charge in [0.2, 0.25) is 5.91 Å². The number of likely N-dealkylation sites (N-methyl/N-ethyl adjacent to an activating group) is 1. The van der Waals surface area contributed by atoms with Crippen LogP contribution in [0.2, 0.25) is 0 Å². The van der Waals surface area contributed by atoms with Crippen LogP contribution in [0, 0.1) is 0 Å². The van der Waals surface area contributed by atoms with Gasteiger partial charge in [-0.2, -0.15) is 0 Å². The van der Waals surface area contributed by atoms with Gasteiger partial charge in [-0.3, -0.25) is 9.69 Å². The zero-order valence-electron chi connectivity index (χ0n) is 14.2. The predicted octanol–water partition coefficient (Wildman–Crippen LogP) is 1.89. The van der Waals surface area contributed by atoms with E-state index in [-0.39, 0.29) is 5.91 Å². The van der Waals surface area contributed by atoms with E-state index in [1.54, 1.807) is 7.11 Å². The van der Waals surface area contributed by atoms with Gasteiger partial charge in [0.25, 0.3) is 0 Å². The van der Waals surface area contributed by atoms with Crippen molar-refractivity contribution >= 4 is 12.0 Å². The molecule has 1 aliphatic heterocycles. The molecule has 0 N–H and O–H groups in total. The number of nitrogens with zero attached hydrogens (tertiary/aromatic N) is 2. The van der Waals surface area contributed by atoms with Gasteiger partial charge in [-0.1, -0.05) is 23.8 Å². The Morgan fingerprint density at radius 2 is 1.91 bits per heavy atom. The summed E-state index contributed by atoms with van der Waals surface area (Å²) in [7, 11) is 3.64. The van der Waals surface area contributed by atoms with E-state index in [9.17, 15) is 4.79 Å². The average Bonchev–Trinajstić information content (AvgIpc) is 2.56. The summed E-state index contributed by atoms with van der Waals surface area (Å²) in [5.74, 6) is 1.03. The molecule has 0 saturated carbocycles. The Hall–Kier alpha value is -1.85. The molecule has 0 aliphatic carbocycles. The number of methoxy groups -OCH3 is 1. The van der Waals surface area contributed by atoms with Crippen molar-refractivity contribution in [1.82, 2.24) is 9.80 Å². The SMILES string of the molecule is COc1ccc(C=C(C)CN(C)CC(=O)N2CCOCC2)cc1. The van der Waals surface area contributed by atoms with Gasteiger partial charge >= 0.3 is 0 Å². The number of hydrogen-bond donors (Lipinski definition) is 0. The number of rotatable bonds is 6. The topological polar surface area (TPSA) is 42.0 Å². The first-order chi connectivity index (χ1) is 11.1. The summed E-state index contributed by atoms with van der Waals surface area (Å²) in [6.07, 6.45) is 2.13. The second-order valence-corrected chi connectivity index (χ2v) is 5.93. The highest BCUT2D eigenvalue weighted by atomic mass is 16.5. The van der Waals surface area contributed by atoms with Crippen LogP contribution < -0.4 is 4.74 Å². The molecule has 1 aromatic rings. The number of morpholine rings is 1. The minimum atomic E-state index is 0.174. The highest BCUT2D eigenvalue weighted by Gasteiger charge is 2.18. The molecular formula is C18H26N2O3. The smallest absolute Gasteiger partial charge is 0.236 e. The minimum absolute atomic E-state index is 0.174. The first-order valence-corrected chi connectivity index (χ1v) is 7.94. The highest BCUT2D eigenvalue weighted by Crippen LogP contribution is 2.14. The molecule has 0 radical (unpaired) electrons. The third kappa shape index (κ3) is 5.69. The first-order valence-electron chi connectivity index (χ1n) is 7.94. The third-order valence-electron chi connectivity index (χ3n) is 3.82. The van der Waals surface area contributed by atoms with E-state index < -0.39 is 0 Å². The van der Waals surface area contributed by atoms with Gasteiger partial charge in [0.05, 0.1) is 26.9 Å². The van der Waals surface area contributed by atoms with Crippen molar-refractivity contribution in [3.8, 4) is 5.75 Å². The Morgan fingerprint density at radius 3 is 2.52 bits per heavy atom. The van der Waals surface area contributed by atoms with Gasteiger partial charge < -0.3 is 14.4 Å². The van der Waals surface area contributed by atoms with E-state index >= 15 is 0 Å². The van der Waals surface area contributed by atoms with Gasteiger partial charge in [0.15, 0.2) is 0 Å². The van der Waals surface area contributed by atoms with E-state index in [0.717, 1.165) is 17.9 Å². The molecule has 126 valence electrons. The Kier molecular flexibility index (Phi) is 6.62. The fourth-order valence-corrected chi connectivity index (χ4v) is 2.66. The Bertz CT molecular complexity index is 534. The molecule has 1 amide bonds. The summed E-state index contributed by atoms with van der Waals surface area (Å²) >= 11 is 0. The van der Waals surface area contributed by atoms with Gasteiger partial charge in [-0.15, -0.1) is 0 Å². The van der Waals surface area contributed by atoms with Crippen molar-refractivity contribution < 1.29 is 14.3 Å². The van der Waals surface area contributed by atoms with Crippen LogP contribution in [0.1, 0.15) is 12.5 Å². The summed E-state index contributed by atoms with van der Waals surface area (Å²) in [4.78, 5) is 16.1.